The maximum Gasteiger partial charge on any atom is 0.241 e. The first kappa shape index (κ1) is 15.4. The van der Waals surface area contributed by atoms with Crippen molar-refractivity contribution >= 4 is 17.8 Å². The molecule has 0 saturated heterocycles. The Morgan fingerprint density at radius 2 is 1.79 bits per heavy atom. The number of aromatic nitrogens is 3. The van der Waals surface area contributed by atoms with Crippen LogP contribution in [0.1, 0.15) is 5.56 Å². The number of primary amides is 1. The van der Waals surface area contributed by atoms with E-state index in [1.807, 2.05) is 24.3 Å². The van der Waals surface area contributed by atoms with E-state index in [1.54, 1.807) is 30.7 Å². The monoisotopic (exact) mass is 317 g/mol. The predicted molar refractivity (Wildman–Crippen MR) is 93.3 cm³/mol. The molecular formula is C18H15N5O. The molecule has 118 valence electrons. The van der Waals surface area contributed by atoms with Crippen LogP contribution in [0.2, 0.25) is 0 Å². The van der Waals surface area contributed by atoms with Crippen molar-refractivity contribution in [2.24, 2.45) is 5.73 Å². The molecule has 2 heterocycles. The molecule has 0 atom stereocenters. The summed E-state index contributed by atoms with van der Waals surface area (Å²) in [5.41, 5.74) is 15.5. The second kappa shape index (κ2) is 6.70. The molecule has 1 aromatic carbocycles. The smallest absolute Gasteiger partial charge is 0.241 e. The first-order valence-electron chi connectivity index (χ1n) is 7.22. The lowest BCUT2D eigenvalue weighted by Crippen LogP contribution is -2.05. The largest absolute Gasteiger partial charge is 0.384 e. The second-order valence-electron chi connectivity index (χ2n) is 5.13. The van der Waals surface area contributed by atoms with Gasteiger partial charge >= 0.3 is 0 Å². The van der Waals surface area contributed by atoms with Crippen LogP contribution in [0, 0.1) is 0 Å². The van der Waals surface area contributed by atoms with Gasteiger partial charge in [0.15, 0.2) is 0 Å². The molecule has 3 rings (SSSR count). The number of pyridine rings is 1. The summed E-state index contributed by atoms with van der Waals surface area (Å²) in [6.45, 7) is 0. The lowest BCUT2D eigenvalue weighted by molar-refractivity contribution is -0.113. The highest BCUT2D eigenvalue weighted by atomic mass is 16.1. The number of anilines is 1. The summed E-state index contributed by atoms with van der Waals surface area (Å²) in [5.74, 6) is -0.0819. The van der Waals surface area contributed by atoms with Crippen LogP contribution in [0.4, 0.5) is 5.82 Å². The molecule has 6 nitrogen and oxygen atoms in total. The molecule has 1 amide bonds. The van der Waals surface area contributed by atoms with Crippen LogP contribution in [0.3, 0.4) is 0 Å². The van der Waals surface area contributed by atoms with Crippen LogP contribution in [0.25, 0.3) is 28.3 Å². The summed E-state index contributed by atoms with van der Waals surface area (Å²) >= 11 is 0. The molecule has 6 heteroatoms. The van der Waals surface area contributed by atoms with Gasteiger partial charge in [0.2, 0.25) is 5.91 Å². The van der Waals surface area contributed by atoms with Gasteiger partial charge in [0, 0.05) is 30.2 Å². The van der Waals surface area contributed by atoms with Crippen LogP contribution in [0.5, 0.6) is 0 Å². The Morgan fingerprint density at radius 3 is 2.50 bits per heavy atom. The quantitative estimate of drug-likeness (QED) is 0.718. The molecule has 3 aromatic rings. The molecule has 4 N–H and O–H groups in total. The first-order valence-corrected chi connectivity index (χ1v) is 7.22. The number of nitrogens with two attached hydrogens (primary N) is 2. The third kappa shape index (κ3) is 3.44. The minimum Gasteiger partial charge on any atom is -0.384 e. The maximum atomic E-state index is 11.1. The highest BCUT2D eigenvalue weighted by Gasteiger charge is 2.07. The number of carbonyl (C=O) groups is 1. The van der Waals surface area contributed by atoms with Crippen molar-refractivity contribution in [2.75, 3.05) is 5.73 Å². The van der Waals surface area contributed by atoms with Gasteiger partial charge in [0.1, 0.15) is 12.1 Å². The van der Waals surface area contributed by atoms with Crippen LogP contribution < -0.4 is 11.5 Å². The number of amides is 1. The Labute approximate surface area is 138 Å². The van der Waals surface area contributed by atoms with E-state index >= 15 is 0 Å². The number of hydrogen-bond acceptors (Lipinski definition) is 5. The van der Waals surface area contributed by atoms with Crippen molar-refractivity contribution in [1.82, 2.24) is 15.0 Å². The zero-order valence-electron chi connectivity index (χ0n) is 12.8. The summed E-state index contributed by atoms with van der Waals surface area (Å²) < 4.78 is 0. The van der Waals surface area contributed by atoms with E-state index in [9.17, 15) is 4.79 Å². The van der Waals surface area contributed by atoms with Gasteiger partial charge in [-0.3, -0.25) is 4.79 Å². The first-order chi connectivity index (χ1) is 11.6. The standard InChI is InChI=1S/C18H15N5O/c19-17-8-14(5-6-23-17)16-3-1-12(15-9-21-11-22-10-15)7-13(16)2-4-18(20)24/h1-11H,(H2,19,23)(H2,20,24). The van der Waals surface area contributed by atoms with Crippen molar-refractivity contribution in [1.29, 1.82) is 0 Å². The van der Waals surface area contributed by atoms with Crippen molar-refractivity contribution in [3.05, 3.63) is 66.9 Å². The molecule has 0 radical (unpaired) electrons. The molecule has 0 aliphatic carbocycles. The Morgan fingerprint density at radius 1 is 1.00 bits per heavy atom. The third-order valence-electron chi connectivity index (χ3n) is 3.46. The summed E-state index contributed by atoms with van der Waals surface area (Å²) in [5, 5.41) is 0. The minimum atomic E-state index is -0.511. The molecule has 2 aromatic heterocycles. The SMILES string of the molecule is NC(=O)C=Cc1cc(-c2cncnc2)ccc1-c1ccnc(N)c1. The average Bonchev–Trinajstić information content (AvgIpc) is 2.60. The molecular weight excluding hydrogens is 302 g/mol. The zero-order valence-corrected chi connectivity index (χ0v) is 12.8. The lowest BCUT2D eigenvalue weighted by Gasteiger charge is -2.10. The third-order valence-corrected chi connectivity index (χ3v) is 3.46. The minimum absolute atomic E-state index is 0.429. The summed E-state index contributed by atoms with van der Waals surface area (Å²) in [6.07, 6.45) is 9.59. The van der Waals surface area contributed by atoms with E-state index in [2.05, 4.69) is 15.0 Å². The predicted octanol–water partition coefficient (Wildman–Crippen LogP) is 2.29. The molecule has 0 saturated carbocycles. The maximum absolute atomic E-state index is 11.1. The van der Waals surface area contributed by atoms with Crippen molar-refractivity contribution in [3.63, 3.8) is 0 Å². The normalized spacial score (nSPS) is 10.8. The van der Waals surface area contributed by atoms with Crippen molar-refractivity contribution in [2.45, 2.75) is 0 Å². The molecule has 0 spiro atoms. The number of hydrogen-bond donors (Lipinski definition) is 2. The highest BCUT2D eigenvalue weighted by molar-refractivity contribution is 5.92. The van der Waals surface area contributed by atoms with Crippen LogP contribution in [-0.4, -0.2) is 20.9 Å². The fourth-order valence-electron chi connectivity index (χ4n) is 2.38. The van der Waals surface area contributed by atoms with Gasteiger partial charge in [-0.2, -0.15) is 0 Å². The fraction of sp³-hybridized carbons (Fsp3) is 0. The lowest BCUT2D eigenvalue weighted by atomic mass is 9.96. The summed E-state index contributed by atoms with van der Waals surface area (Å²) in [4.78, 5) is 23.2. The van der Waals surface area contributed by atoms with E-state index in [4.69, 9.17) is 11.5 Å². The number of benzene rings is 1. The molecule has 0 aliphatic heterocycles. The van der Waals surface area contributed by atoms with Crippen LogP contribution >= 0.6 is 0 Å². The Kier molecular flexibility index (Phi) is 4.29. The Hall–Kier alpha value is -3.54. The molecule has 0 aliphatic rings. The fourth-order valence-corrected chi connectivity index (χ4v) is 2.38. The number of nitrogens with zero attached hydrogens (tertiary/aromatic N) is 3. The molecule has 0 unspecified atom stereocenters. The average molecular weight is 317 g/mol. The van der Waals surface area contributed by atoms with Gasteiger partial charge in [0.05, 0.1) is 0 Å². The van der Waals surface area contributed by atoms with Gasteiger partial charge in [0.25, 0.3) is 0 Å². The molecule has 0 bridgehead atoms. The number of nitrogen functional groups attached to an aromatic ring is 1. The van der Waals surface area contributed by atoms with Crippen LogP contribution in [0.15, 0.2) is 61.3 Å². The van der Waals surface area contributed by atoms with E-state index in [0.29, 0.717) is 5.82 Å². The highest BCUT2D eigenvalue weighted by Crippen LogP contribution is 2.30. The van der Waals surface area contributed by atoms with Crippen LogP contribution in [-0.2, 0) is 4.79 Å². The van der Waals surface area contributed by atoms with Gasteiger partial charge in [-0.05, 0) is 46.5 Å². The van der Waals surface area contributed by atoms with Gasteiger partial charge in [-0.1, -0.05) is 12.1 Å². The topological polar surface area (TPSA) is 108 Å². The van der Waals surface area contributed by atoms with Gasteiger partial charge < -0.3 is 11.5 Å². The number of rotatable bonds is 4. The Balaban J connectivity index is 2.13. The van der Waals surface area contributed by atoms with Gasteiger partial charge in [-0.15, -0.1) is 0 Å². The summed E-state index contributed by atoms with van der Waals surface area (Å²) in [7, 11) is 0. The van der Waals surface area contributed by atoms with E-state index < -0.39 is 5.91 Å². The van der Waals surface area contributed by atoms with E-state index in [-0.39, 0.29) is 0 Å². The van der Waals surface area contributed by atoms with Crippen molar-refractivity contribution < 1.29 is 4.79 Å². The van der Waals surface area contributed by atoms with E-state index in [0.717, 1.165) is 27.8 Å². The van der Waals surface area contributed by atoms with Crippen molar-refractivity contribution in [3.8, 4) is 22.3 Å². The molecule has 0 fully saturated rings. The number of carbonyl (C=O) groups excluding carboxylic acids is 1. The molecule has 24 heavy (non-hydrogen) atoms. The van der Waals surface area contributed by atoms with E-state index in [1.165, 1.54) is 12.4 Å². The Bertz CT molecular complexity index is 906. The summed E-state index contributed by atoms with van der Waals surface area (Å²) in [6, 6.07) is 9.51. The zero-order chi connectivity index (χ0) is 16.9. The van der Waals surface area contributed by atoms with Gasteiger partial charge in [-0.25, -0.2) is 15.0 Å². The second-order valence-corrected chi connectivity index (χ2v) is 5.13.